The van der Waals surface area contributed by atoms with E-state index in [0.29, 0.717) is 17.8 Å². The Hall–Kier alpha value is -2.43. The number of amides is 2. The highest BCUT2D eigenvalue weighted by molar-refractivity contribution is 7.89. The van der Waals surface area contributed by atoms with Gasteiger partial charge in [0.25, 0.3) is 5.91 Å². The summed E-state index contributed by atoms with van der Waals surface area (Å²) in [7, 11) is -2.55. The molecule has 0 spiro atoms. The van der Waals surface area contributed by atoms with E-state index < -0.39 is 15.9 Å². The molecule has 2 amide bonds. The highest BCUT2D eigenvalue weighted by Gasteiger charge is 2.28. The van der Waals surface area contributed by atoms with Crippen LogP contribution >= 0.6 is 11.3 Å². The first-order valence-electron chi connectivity index (χ1n) is 8.10. The molecule has 1 aromatic carbocycles. The zero-order chi connectivity index (χ0) is 19.6. The third-order valence-electron chi connectivity index (χ3n) is 4.00. The standard InChI is InChI=1S/C17H19N3O5S2/c1-11-6-13-14(25-10-17(22)19-13)7-15(11)27(23,24)20(2)9-16(21)18-8-12-4-3-5-26-12/h3-7H,8-10H2,1-2H3,(H,18,21)(H,19,22). The molecular weight excluding hydrogens is 390 g/mol. The van der Waals surface area contributed by atoms with Gasteiger partial charge < -0.3 is 15.4 Å². The Morgan fingerprint density at radius 1 is 1.41 bits per heavy atom. The van der Waals surface area contributed by atoms with Crippen LogP contribution in [0.2, 0.25) is 0 Å². The molecule has 10 heteroatoms. The number of aryl methyl sites for hydroxylation is 1. The summed E-state index contributed by atoms with van der Waals surface area (Å²) in [5.74, 6) is -0.403. The van der Waals surface area contributed by atoms with Crippen LogP contribution in [-0.4, -0.2) is 44.7 Å². The van der Waals surface area contributed by atoms with Crippen molar-refractivity contribution in [3.8, 4) is 5.75 Å². The van der Waals surface area contributed by atoms with Gasteiger partial charge in [-0.2, -0.15) is 4.31 Å². The first-order valence-corrected chi connectivity index (χ1v) is 10.4. The molecule has 1 aliphatic rings. The van der Waals surface area contributed by atoms with Crippen LogP contribution in [0.4, 0.5) is 5.69 Å². The fourth-order valence-corrected chi connectivity index (χ4v) is 4.59. The maximum absolute atomic E-state index is 12.9. The Balaban J connectivity index is 1.73. The lowest BCUT2D eigenvalue weighted by Gasteiger charge is -2.22. The number of anilines is 1. The lowest BCUT2D eigenvalue weighted by Crippen LogP contribution is -2.38. The van der Waals surface area contributed by atoms with Crippen molar-refractivity contribution in [2.45, 2.75) is 18.4 Å². The Bertz CT molecular complexity index is 971. The van der Waals surface area contributed by atoms with Gasteiger partial charge in [-0.05, 0) is 30.0 Å². The number of sulfonamides is 1. The van der Waals surface area contributed by atoms with Crippen LogP contribution in [0, 0.1) is 6.92 Å². The van der Waals surface area contributed by atoms with Crippen molar-refractivity contribution >= 4 is 38.9 Å². The van der Waals surface area contributed by atoms with Gasteiger partial charge in [0.2, 0.25) is 15.9 Å². The molecule has 2 heterocycles. The predicted octanol–water partition coefficient (Wildman–Crippen LogP) is 1.32. The fourth-order valence-electron chi connectivity index (χ4n) is 2.60. The monoisotopic (exact) mass is 409 g/mol. The molecule has 0 saturated heterocycles. The lowest BCUT2D eigenvalue weighted by molar-refractivity contribution is -0.121. The van der Waals surface area contributed by atoms with Gasteiger partial charge >= 0.3 is 0 Å². The van der Waals surface area contributed by atoms with Crippen molar-refractivity contribution < 1.29 is 22.7 Å². The number of carbonyl (C=O) groups excluding carboxylic acids is 2. The van der Waals surface area contributed by atoms with E-state index in [9.17, 15) is 18.0 Å². The van der Waals surface area contributed by atoms with Gasteiger partial charge in [-0.25, -0.2) is 8.42 Å². The minimum atomic E-state index is -3.90. The second kappa shape index (κ2) is 7.67. The summed E-state index contributed by atoms with van der Waals surface area (Å²) >= 11 is 1.51. The van der Waals surface area contributed by atoms with E-state index in [2.05, 4.69) is 10.6 Å². The SMILES string of the molecule is Cc1cc2c(cc1S(=O)(=O)N(C)CC(=O)NCc1cccs1)OCC(=O)N2. The summed E-state index contributed by atoms with van der Waals surface area (Å²) in [5.41, 5.74) is 0.879. The first-order chi connectivity index (χ1) is 12.8. The highest BCUT2D eigenvalue weighted by Crippen LogP contribution is 2.33. The van der Waals surface area contributed by atoms with Gasteiger partial charge in [-0.3, -0.25) is 9.59 Å². The molecule has 1 aliphatic heterocycles. The zero-order valence-corrected chi connectivity index (χ0v) is 16.4. The number of fused-ring (bicyclic) bond motifs is 1. The number of nitrogens with zero attached hydrogens (tertiary/aromatic N) is 1. The Labute approximate surface area is 161 Å². The van der Waals surface area contributed by atoms with Gasteiger partial charge in [0.15, 0.2) is 6.61 Å². The summed E-state index contributed by atoms with van der Waals surface area (Å²) in [6.45, 7) is 1.51. The van der Waals surface area contributed by atoms with Gasteiger partial charge in [-0.1, -0.05) is 6.07 Å². The van der Waals surface area contributed by atoms with E-state index in [1.54, 1.807) is 13.0 Å². The largest absolute Gasteiger partial charge is 0.482 e. The normalized spacial score (nSPS) is 13.7. The topological polar surface area (TPSA) is 105 Å². The van der Waals surface area contributed by atoms with E-state index in [4.69, 9.17) is 4.74 Å². The second-order valence-electron chi connectivity index (χ2n) is 6.07. The molecule has 0 saturated carbocycles. The average Bonchev–Trinajstić information content (AvgIpc) is 3.12. The van der Waals surface area contributed by atoms with Crippen LogP contribution in [-0.2, 0) is 26.2 Å². The predicted molar refractivity (Wildman–Crippen MR) is 101 cm³/mol. The minimum absolute atomic E-state index is 0.0333. The molecule has 2 aromatic rings. The molecule has 0 radical (unpaired) electrons. The van der Waals surface area contributed by atoms with Crippen molar-refractivity contribution in [2.24, 2.45) is 0 Å². The third kappa shape index (κ3) is 4.29. The Morgan fingerprint density at radius 2 is 2.19 bits per heavy atom. The number of rotatable bonds is 6. The van der Waals surface area contributed by atoms with Crippen molar-refractivity contribution in [3.63, 3.8) is 0 Å². The maximum atomic E-state index is 12.9. The number of nitrogens with one attached hydrogen (secondary N) is 2. The number of likely N-dealkylation sites (N-methyl/N-ethyl adjacent to an activating group) is 1. The average molecular weight is 409 g/mol. The number of benzene rings is 1. The molecule has 0 unspecified atom stereocenters. The van der Waals surface area contributed by atoms with Crippen LogP contribution in [0.5, 0.6) is 5.75 Å². The van der Waals surface area contributed by atoms with Gasteiger partial charge in [0, 0.05) is 18.0 Å². The molecule has 8 nitrogen and oxygen atoms in total. The molecule has 0 atom stereocenters. The summed E-state index contributed by atoms with van der Waals surface area (Å²) in [6, 6.07) is 6.69. The minimum Gasteiger partial charge on any atom is -0.482 e. The third-order valence-corrected chi connectivity index (χ3v) is 6.83. The molecular formula is C17H19N3O5S2. The molecule has 1 aromatic heterocycles. The summed E-state index contributed by atoms with van der Waals surface area (Å²) in [4.78, 5) is 24.5. The van der Waals surface area contributed by atoms with Gasteiger partial charge in [0.1, 0.15) is 5.75 Å². The first kappa shape index (κ1) is 19.3. The zero-order valence-electron chi connectivity index (χ0n) is 14.8. The van der Waals surface area contributed by atoms with Crippen molar-refractivity contribution in [1.29, 1.82) is 0 Å². The molecule has 0 aliphatic carbocycles. The van der Waals surface area contributed by atoms with Crippen LogP contribution in [0.15, 0.2) is 34.5 Å². The van der Waals surface area contributed by atoms with E-state index in [1.807, 2.05) is 17.5 Å². The smallest absolute Gasteiger partial charge is 0.262 e. The fraction of sp³-hybridized carbons (Fsp3) is 0.294. The lowest BCUT2D eigenvalue weighted by atomic mass is 10.2. The molecule has 27 heavy (non-hydrogen) atoms. The molecule has 3 rings (SSSR count). The molecule has 144 valence electrons. The van der Waals surface area contributed by atoms with Crippen LogP contribution in [0.25, 0.3) is 0 Å². The van der Waals surface area contributed by atoms with Crippen LogP contribution in [0.1, 0.15) is 10.4 Å². The summed E-state index contributed by atoms with van der Waals surface area (Å²) < 4.78 is 32.0. The highest BCUT2D eigenvalue weighted by atomic mass is 32.2. The van der Waals surface area contributed by atoms with E-state index >= 15 is 0 Å². The number of thiophene rings is 1. The number of ether oxygens (including phenoxy) is 1. The van der Waals surface area contributed by atoms with E-state index in [0.717, 1.165) is 9.18 Å². The molecule has 0 bridgehead atoms. The van der Waals surface area contributed by atoms with E-state index in [1.165, 1.54) is 24.5 Å². The van der Waals surface area contributed by atoms with Gasteiger partial charge in [-0.15, -0.1) is 11.3 Å². The summed E-state index contributed by atoms with van der Waals surface area (Å²) in [5, 5.41) is 7.24. The Morgan fingerprint density at radius 3 is 2.89 bits per heavy atom. The quantitative estimate of drug-likeness (QED) is 0.749. The van der Waals surface area contributed by atoms with Gasteiger partial charge in [0.05, 0.1) is 23.7 Å². The Kier molecular flexibility index (Phi) is 5.49. The number of hydrogen-bond acceptors (Lipinski definition) is 6. The van der Waals surface area contributed by atoms with E-state index in [-0.39, 0.29) is 29.7 Å². The van der Waals surface area contributed by atoms with Crippen LogP contribution in [0.3, 0.4) is 0 Å². The van der Waals surface area contributed by atoms with Crippen LogP contribution < -0.4 is 15.4 Å². The van der Waals surface area contributed by atoms with Crippen molar-refractivity contribution in [1.82, 2.24) is 9.62 Å². The molecule has 0 fully saturated rings. The number of hydrogen-bond donors (Lipinski definition) is 2. The molecule has 2 N–H and O–H groups in total. The summed E-state index contributed by atoms with van der Waals surface area (Å²) in [6.07, 6.45) is 0. The van der Waals surface area contributed by atoms with Crippen molar-refractivity contribution in [3.05, 3.63) is 40.1 Å². The van der Waals surface area contributed by atoms with Crippen molar-refractivity contribution in [2.75, 3.05) is 25.5 Å². The number of carbonyl (C=O) groups is 2. The second-order valence-corrected chi connectivity index (χ2v) is 9.11. The maximum Gasteiger partial charge on any atom is 0.262 e.